The molecule has 3 nitrogen and oxygen atoms in total. The molecule has 0 aliphatic rings. The number of nitrogens with one attached hydrogen (secondary N) is 1. The van der Waals surface area contributed by atoms with Crippen LogP contribution in [0.5, 0.6) is 0 Å². The number of ether oxygens (including phenoxy) is 1. The van der Waals surface area contributed by atoms with Gasteiger partial charge in [0, 0.05) is 12.8 Å². The maximum Gasteiger partial charge on any atom is 0.125 e. The number of methoxy groups -OCH3 is 1. The predicted molar refractivity (Wildman–Crippen MR) is 77.1 cm³/mol. The van der Waals surface area contributed by atoms with Gasteiger partial charge in [-0.1, -0.05) is 36.4 Å². The Kier molecular flexibility index (Phi) is 4.71. The van der Waals surface area contributed by atoms with Crippen molar-refractivity contribution in [2.24, 2.45) is 0 Å². The number of hydrogen-bond donors (Lipinski definition) is 2. The van der Waals surface area contributed by atoms with Gasteiger partial charge in [-0.15, -0.1) is 0 Å². The van der Waals surface area contributed by atoms with Crippen LogP contribution in [0.4, 0.5) is 10.1 Å². The van der Waals surface area contributed by atoms with Crippen molar-refractivity contribution in [1.29, 1.82) is 0 Å². The SMILES string of the molecule is COCC(CO)(Nc1cccc(F)c1)c1ccccc1. The number of rotatable bonds is 6. The first-order chi connectivity index (χ1) is 9.70. The molecular formula is C16H18FNO2. The Morgan fingerprint density at radius 2 is 1.90 bits per heavy atom. The van der Waals surface area contributed by atoms with Crippen LogP contribution in [-0.4, -0.2) is 25.4 Å². The van der Waals surface area contributed by atoms with Crippen LogP contribution in [0, 0.1) is 5.82 Å². The molecule has 2 rings (SSSR count). The second kappa shape index (κ2) is 6.50. The fraction of sp³-hybridized carbons (Fsp3) is 0.250. The number of aliphatic hydroxyl groups is 1. The zero-order valence-electron chi connectivity index (χ0n) is 11.3. The van der Waals surface area contributed by atoms with Crippen LogP contribution >= 0.6 is 0 Å². The third-order valence-electron chi connectivity index (χ3n) is 3.20. The van der Waals surface area contributed by atoms with E-state index in [4.69, 9.17) is 4.74 Å². The van der Waals surface area contributed by atoms with Gasteiger partial charge in [0.05, 0.1) is 13.2 Å². The Balaban J connectivity index is 2.37. The van der Waals surface area contributed by atoms with Crippen LogP contribution in [0.2, 0.25) is 0 Å². The molecular weight excluding hydrogens is 257 g/mol. The van der Waals surface area contributed by atoms with Crippen molar-refractivity contribution < 1.29 is 14.2 Å². The molecule has 1 atom stereocenters. The van der Waals surface area contributed by atoms with Crippen molar-refractivity contribution in [3.05, 3.63) is 66.0 Å². The van der Waals surface area contributed by atoms with Crippen molar-refractivity contribution in [3.8, 4) is 0 Å². The second-order valence-electron chi connectivity index (χ2n) is 4.67. The highest BCUT2D eigenvalue weighted by molar-refractivity contribution is 5.48. The molecule has 0 spiro atoms. The predicted octanol–water partition coefficient (Wildman–Crippen LogP) is 2.77. The van der Waals surface area contributed by atoms with Crippen LogP contribution in [0.25, 0.3) is 0 Å². The first-order valence-corrected chi connectivity index (χ1v) is 6.39. The summed E-state index contributed by atoms with van der Waals surface area (Å²) >= 11 is 0. The summed E-state index contributed by atoms with van der Waals surface area (Å²) in [6.45, 7) is 0.103. The second-order valence-corrected chi connectivity index (χ2v) is 4.67. The topological polar surface area (TPSA) is 41.5 Å². The van der Waals surface area contributed by atoms with E-state index < -0.39 is 5.54 Å². The molecule has 0 aliphatic heterocycles. The molecule has 2 N–H and O–H groups in total. The van der Waals surface area contributed by atoms with E-state index in [0.717, 1.165) is 5.56 Å². The number of benzene rings is 2. The summed E-state index contributed by atoms with van der Waals surface area (Å²) in [4.78, 5) is 0. The average Bonchev–Trinajstić information content (AvgIpc) is 2.48. The molecule has 2 aromatic rings. The van der Waals surface area contributed by atoms with Crippen LogP contribution in [0.15, 0.2) is 54.6 Å². The molecule has 0 bridgehead atoms. The van der Waals surface area contributed by atoms with Gasteiger partial charge < -0.3 is 15.2 Å². The fourth-order valence-corrected chi connectivity index (χ4v) is 2.21. The number of hydrogen-bond acceptors (Lipinski definition) is 3. The minimum absolute atomic E-state index is 0.165. The molecule has 2 aromatic carbocycles. The van der Waals surface area contributed by atoms with Gasteiger partial charge in [0.1, 0.15) is 11.4 Å². The van der Waals surface area contributed by atoms with E-state index in [1.54, 1.807) is 19.2 Å². The summed E-state index contributed by atoms with van der Waals surface area (Å²) in [5, 5.41) is 13.0. The van der Waals surface area contributed by atoms with Gasteiger partial charge in [0.15, 0.2) is 0 Å². The van der Waals surface area contributed by atoms with Crippen molar-refractivity contribution in [2.45, 2.75) is 5.54 Å². The van der Waals surface area contributed by atoms with Crippen molar-refractivity contribution in [3.63, 3.8) is 0 Å². The van der Waals surface area contributed by atoms with Gasteiger partial charge in [0.2, 0.25) is 0 Å². The molecule has 4 heteroatoms. The van der Waals surface area contributed by atoms with Gasteiger partial charge in [-0.05, 0) is 23.8 Å². The Morgan fingerprint density at radius 3 is 2.50 bits per heavy atom. The largest absolute Gasteiger partial charge is 0.393 e. The van der Waals surface area contributed by atoms with Crippen molar-refractivity contribution >= 4 is 5.69 Å². The summed E-state index contributed by atoms with van der Waals surface area (Å²) in [5.41, 5.74) is 0.678. The molecule has 20 heavy (non-hydrogen) atoms. The normalized spacial score (nSPS) is 13.8. The molecule has 1 unspecified atom stereocenters. The van der Waals surface area contributed by atoms with Gasteiger partial charge in [-0.25, -0.2) is 4.39 Å². The lowest BCUT2D eigenvalue weighted by Crippen LogP contribution is -2.43. The van der Waals surface area contributed by atoms with E-state index in [1.807, 2.05) is 30.3 Å². The smallest absolute Gasteiger partial charge is 0.125 e. The molecule has 0 aliphatic carbocycles. The minimum Gasteiger partial charge on any atom is -0.393 e. The third kappa shape index (κ3) is 3.15. The van der Waals surface area contributed by atoms with Crippen LogP contribution in [0.3, 0.4) is 0 Å². The lowest BCUT2D eigenvalue weighted by atomic mass is 9.91. The zero-order chi connectivity index (χ0) is 14.4. The molecule has 0 saturated heterocycles. The van der Waals surface area contributed by atoms with E-state index >= 15 is 0 Å². The van der Waals surface area contributed by atoms with Crippen LogP contribution < -0.4 is 5.32 Å². The third-order valence-corrected chi connectivity index (χ3v) is 3.20. The van der Waals surface area contributed by atoms with Gasteiger partial charge in [-0.2, -0.15) is 0 Å². The number of aliphatic hydroxyl groups excluding tert-OH is 1. The maximum absolute atomic E-state index is 13.3. The summed E-state index contributed by atoms with van der Waals surface area (Å²) in [6, 6.07) is 15.6. The van der Waals surface area contributed by atoms with Crippen molar-refractivity contribution in [1.82, 2.24) is 0 Å². The van der Waals surface area contributed by atoms with Gasteiger partial charge in [0.25, 0.3) is 0 Å². The highest BCUT2D eigenvalue weighted by Gasteiger charge is 2.31. The Bertz CT molecular complexity index is 547. The summed E-state index contributed by atoms with van der Waals surface area (Å²) in [5.74, 6) is -0.327. The molecule has 106 valence electrons. The maximum atomic E-state index is 13.3. The number of halogens is 1. The summed E-state index contributed by atoms with van der Waals surface area (Å²) in [6.07, 6.45) is 0. The van der Waals surface area contributed by atoms with E-state index in [9.17, 15) is 9.50 Å². The van der Waals surface area contributed by atoms with Crippen LogP contribution in [0.1, 0.15) is 5.56 Å². The Hall–Kier alpha value is -1.91. The van der Waals surface area contributed by atoms with E-state index in [2.05, 4.69) is 5.32 Å². The minimum atomic E-state index is -0.802. The van der Waals surface area contributed by atoms with Gasteiger partial charge in [-0.3, -0.25) is 0 Å². The monoisotopic (exact) mass is 275 g/mol. The first-order valence-electron chi connectivity index (χ1n) is 6.39. The van der Waals surface area contributed by atoms with E-state index in [-0.39, 0.29) is 19.0 Å². The van der Waals surface area contributed by atoms with E-state index in [0.29, 0.717) is 5.69 Å². The molecule has 0 aromatic heterocycles. The lowest BCUT2D eigenvalue weighted by molar-refractivity contribution is 0.0977. The summed E-state index contributed by atoms with van der Waals surface area (Å²) in [7, 11) is 1.57. The Labute approximate surface area is 118 Å². The molecule has 0 fully saturated rings. The standard InChI is InChI=1S/C16H18FNO2/c1-20-12-16(11-19,13-6-3-2-4-7-13)18-15-9-5-8-14(17)10-15/h2-10,18-19H,11-12H2,1H3. The Morgan fingerprint density at radius 1 is 1.15 bits per heavy atom. The fourth-order valence-electron chi connectivity index (χ4n) is 2.21. The number of anilines is 1. The molecule has 0 amide bonds. The molecule has 0 heterocycles. The average molecular weight is 275 g/mol. The van der Waals surface area contributed by atoms with Gasteiger partial charge >= 0.3 is 0 Å². The highest BCUT2D eigenvalue weighted by Crippen LogP contribution is 2.27. The molecule has 0 radical (unpaired) electrons. The first kappa shape index (κ1) is 14.5. The van der Waals surface area contributed by atoms with Crippen molar-refractivity contribution in [2.75, 3.05) is 25.6 Å². The van der Waals surface area contributed by atoms with Crippen LogP contribution in [-0.2, 0) is 10.3 Å². The lowest BCUT2D eigenvalue weighted by Gasteiger charge is -2.34. The zero-order valence-corrected chi connectivity index (χ0v) is 11.3. The highest BCUT2D eigenvalue weighted by atomic mass is 19.1. The summed E-state index contributed by atoms with van der Waals surface area (Å²) < 4.78 is 18.5. The molecule has 0 saturated carbocycles. The van der Waals surface area contributed by atoms with E-state index in [1.165, 1.54) is 12.1 Å². The quantitative estimate of drug-likeness (QED) is 0.851.